The van der Waals surface area contributed by atoms with Gasteiger partial charge in [-0.3, -0.25) is 0 Å². The molecule has 3 aromatic carbocycles. The van der Waals surface area contributed by atoms with Crippen molar-refractivity contribution in [3.05, 3.63) is 93.8 Å². The van der Waals surface area contributed by atoms with E-state index < -0.39 is 16.0 Å². The van der Waals surface area contributed by atoms with Crippen molar-refractivity contribution in [1.29, 1.82) is 0 Å². The molecule has 0 spiro atoms. The van der Waals surface area contributed by atoms with Gasteiger partial charge in [-0.15, -0.1) is 11.3 Å². The second-order valence-corrected chi connectivity index (χ2v) is 9.96. The number of benzene rings is 3. The van der Waals surface area contributed by atoms with Gasteiger partial charge in [-0.25, -0.2) is 9.63 Å². The summed E-state index contributed by atoms with van der Waals surface area (Å²) in [5, 5.41) is 4.97. The Morgan fingerprint density at radius 1 is 1.06 bits per heavy atom. The maximum Gasteiger partial charge on any atom is 0.355 e. The number of rotatable bonds is 6. The molecule has 0 fully saturated rings. The largest absolute Gasteiger partial charge is 0.422 e. The molecule has 9 heteroatoms. The topological polar surface area (TPSA) is 84.8 Å². The van der Waals surface area contributed by atoms with Crippen LogP contribution in [0.25, 0.3) is 10.1 Å². The summed E-state index contributed by atoms with van der Waals surface area (Å²) in [6.07, 6.45) is 1.33. The standard InChI is InChI=1S/C23H17ClN2O4S2/c1-15-9-11-18(12-10-15)32(28,29)26-25-14-16-5-4-6-17(13-16)30-23(27)22-21(24)19-7-2-3-8-20(19)31-22/h2-14,26H,1H3/b25-14+. The van der Waals surface area contributed by atoms with E-state index in [1.165, 1.54) is 29.7 Å². The number of esters is 1. The van der Waals surface area contributed by atoms with E-state index >= 15 is 0 Å². The summed E-state index contributed by atoms with van der Waals surface area (Å²) in [6, 6.07) is 20.5. The molecular formula is C23H17ClN2O4S2. The lowest BCUT2D eigenvalue weighted by molar-refractivity contribution is 0.0740. The van der Waals surface area contributed by atoms with Gasteiger partial charge in [-0.05, 0) is 42.8 Å². The molecule has 0 aliphatic carbocycles. The van der Waals surface area contributed by atoms with Gasteiger partial charge in [0, 0.05) is 10.1 Å². The van der Waals surface area contributed by atoms with Crippen LogP contribution in [0.15, 0.2) is 82.8 Å². The Morgan fingerprint density at radius 2 is 1.81 bits per heavy atom. The zero-order chi connectivity index (χ0) is 22.7. The van der Waals surface area contributed by atoms with Crippen LogP contribution >= 0.6 is 22.9 Å². The van der Waals surface area contributed by atoms with Gasteiger partial charge in [-0.2, -0.15) is 13.5 Å². The van der Waals surface area contributed by atoms with Gasteiger partial charge in [0.15, 0.2) is 0 Å². The smallest absolute Gasteiger partial charge is 0.355 e. The summed E-state index contributed by atoms with van der Waals surface area (Å²) in [5.74, 6) is -0.278. The lowest BCUT2D eigenvalue weighted by Gasteiger charge is -2.05. The van der Waals surface area contributed by atoms with Crippen molar-refractivity contribution < 1.29 is 17.9 Å². The van der Waals surface area contributed by atoms with Crippen LogP contribution in [0.3, 0.4) is 0 Å². The minimum atomic E-state index is -3.78. The average Bonchev–Trinajstić information content (AvgIpc) is 3.11. The summed E-state index contributed by atoms with van der Waals surface area (Å²) in [7, 11) is -3.78. The number of carbonyl (C=O) groups excluding carboxylic acids is 1. The molecule has 0 saturated carbocycles. The molecule has 0 atom stereocenters. The number of carbonyl (C=O) groups is 1. The number of nitrogens with one attached hydrogen (secondary N) is 1. The molecule has 6 nitrogen and oxygen atoms in total. The molecule has 0 aliphatic heterocycles. The Kier molecular flexibility index (Phi) is 6.27. The number of hydrazone groups is 1. The predicted octanol–water partition coefficient (Wildman–Crippen LogP) is 5.39. The van der Waals surface area contributed by atoms with Crippen LogP contribution in [0, 0.1) is 6.92 Å². The highest BCUT2D eigenvalue weighted by molar-refractivity contribution is 7.89. The van der Waals surface area contributed by atoms with Crippen LogP contribution in [0.2, 0.25) is 5.02 Å². The number of sulfonamides is 1. The summed E-state index contributed by atoms with van der Waals surface area (Å²) < 4.78 is 31.0. The van der Waals surface area contributed by atoms with Gasteiger partial charge < -0.3 is 4.74 Å². The second-order valence-electron chi connectivity index (χ2n) is 6.87. The van der Waals surface area contributed by atoms with Gasteiger partial charge in [0.1, 0.15) is 10.6 Å². The Labute approximate surface area is 194 Å². The van der Waals surface area contributed by atoms with Crippen LogP contribution in [-0.4, -0.2) is 20.6 Å². The highest BCUT2D eigenvalue weighted by Crippen LogP contribution is 2.35. The van der Waals surface area contributed by atoms with E-state index in [2.05, 4.69) is 9.93 Å². The molecule has 4 aromatic rings. The fourth-order valence-corrected chi connectivity index (χ4v) is 5.07. The van der Waals surface area contributed by atoms with Crippen molar-refractivity contribution in [1.82, 2.24) is 4.83 Å². The molecule has 0 saturated heterocycles. The first-order valence-corrected chi connectivity index (χ1v) is 12.1. The zero-order valence-corrected chi connectivity index (χ0v) is 19.2. The molecule has 1 aromatic heterocycles. The fourth-order valence-electron chi connectivity index (χ4n) is 2.90. The van der Waals surface area contributed by atoms with Gasteiger partial charge in [0.05, 0.1) is 16.1 Å². The van der Waals surface area contributed by atoms with Crippen molar-refractivity contribution in [2.75, 3.05) is 0 Å². The normalized spacial score (nSPS) is 11.7. The highest BCUT2D eigenvalue weighted by atomic mass is 35.5. The fraction of sp³-hybridized carbons (Fsp3) is 0.0435. The first kappa shape index (κ1) is 22.0. The van der Waals surface area contributed by atoms with E-state index in [9.17, 15) is 13.2 Å². The van der Waals surface area contributed by atoms with E-state index in [1.54, 1.807) is 36.4 Å². The first-order chi connectivity index (χ1) is 15.3. The van der Waals surface area contributed by atoms with Gasteiger partial charge in [0.2, 0.25) is 0 Å². The maximum absolute atomic E-state index is 12.6. The first-order valence-electron chi connectivity index (χ1n) is 9.44. The van der Waals surface area contributed by atoms with Crippen LogP contribution in [0.5, 0.6) is 5.75 Å². The summed E-state index contributed by atoms with van der Waals surface area (Å²) in [6.45, 7) is 1.87. The monoisotopic (exact) mass is 484 g/mol. The minimum absolute atomic E-state index is 0.114. The number of aryl methyl sites for hydroxylation is 1. The number of hydrogen-bond acceptors (Lipinski definition) is 6. The Morgan fingerprint density at radius 3 is 2.56 bits per heavy atom. The lowest BCUT2D eigenvalue weighted by atomic mass is 10.2. The molecule has 1 heterocycles. The van der Waals surface area contributed by atoms with Crippen molar-refractivity contribution in [2.45, 2.75) is 11.8 Å². The maximum atomic E-state index is 12.6. The molecule has 0 unspecified atom stereocenters. The molecule has 162 valence electrons. The summed E-state index contributed by atoms with van der Waals surface area (Å²) >= 11 is 7.60. The summed E-state index contributed by atoms with van der Waals surface area (Å²) in [4.78, 5) is 15.2. The van der Waals surface area contributed by atoms with E-state index in [4.69, 9.17) is 16.3 Å². The molecule has 0 aliphatic rings. The van der Waals surface area contributed by atoms with Crippen LogP contribution in [-0.2, 0) is 10.0 Å². The third-order valence-electron chi connectivity index (χ3n) is 4.51. The van der Waals surface area contributed by atoms with Gasteiger partial charge in [-0.1, -0.05) is 59.6 Å². The third kappa shape index (κ3) is 4.83. The van der Waals surface area contributed by atoms with Crippen molar-refractivity contribution in [2.24, 2.45) is 5.10 Å². The van der Waals surface area contributed by atoms with Crippen LogP contribution < -0.4 is 9.57 Å². The number of hydrogen-bond donors (Lipinski definition) is 1. The Hall–Kier alpha value is -3.20. The second kappa shape index (κ2) is 9.12. The zero-order valence-electron chi connectivity index (χ0n) is 16.8. The molecule has 0 bridgehead atoms. The molecule has 32 heavy (non-hydrogen) atoms. The number of nitrogens with zero attached hydrogens (tertiary/aromatic N) is 1. The number of fused-ring (bicyclic) bond motifs is 1. The van der Waals surface area contributed by atoms with E-state index in [0.29, 0.717) is 15.5 Å². The number of thiophene rings is 1. The van der Waals surface area contributed by atoms with Crippen molar-refractivity contribution in [3.8, 4) is 5.75 Å². The highest BCUT2D eigenvalue weighted by Gasteiger charge is 2.19. The third-order valence-corrected chi connectivity index (χ3v) is 7.40. The number of halogens is 1. The summed E-state index contributed by atoms with van der Waals surface area (Å²) in [5.41, 5.74) is 1.50. The van der Waals surface area contributed by atoms with E-state index in [-0.39, 0.29) is 10.6 Å². The minimum Gasteiger partial charge on any atom is -0.422 e. The lowest BCUT2D eigenvalue weighted by Crippen LogP contribution is -2.18. The number of ether oxygens (including phenoxy) is 1. The molecular weight excluding hydrogens is 468 g/mol. The quantitative estimate of drug-likeness (QED) is 0.172. The Balaban J connectivity index is 1.46. The molecule has 0 radical (unpaired) electrons. The van der Waals surface area contributed by atoms with E-state index in [1.807, 2.05) is 31.2 Å². The SMILES string of the molecule is Cc1ccc(S(=O)(=O)N/N=C/c2cccc(OC(=O)c3sc4ccccc4c3Cl)c2)cc1. The van der Waals surface area contributed by atoms with Crippen molar-refractivity contribution in [3.63, 3.8) is 0 Å². The molecule has 4 rings (SSSR count). The molecule has 0 amide bonds. The van der Waals surface area contributed by atoms with Gasteiger partial charge >= 0.3 is 5.97 Å². The molecule has 1 N–H and O–H groups in total. The predicted molar refractivity (Wildman–Crippen MR) is 127 cm³/mol. The Bertz CT molecular complexity index is 1430. The van der Waals surface area contributed by atoms with E-state index in [0.717, 1.165) is 15.6 Å². The van der Waals surface area contributed by atoms with Gasteiger partial charge in [0.25, 0.3) is 10.0 Å². The van der Waals surface area contributed by atoms with Crippen LogP contribution in [0.1, 0.15) is 20.8 Å². The average molecular weight is 485 g/mol. The van der Waals surface area contributed by atoms with Crippen LogP contribution in [0.4, 0.5) is 0 Å². The van der Waals surface area contributed by atoms with Crippen molar-refractivity contribution >= 4 is 55.2 Å².